The van der Waals surface area contributed by atoms with Crippen molar-refractivity contribution in [2.45, 2.75) is 24.3 Å². The van der Waals surface area contributed by atoms with Gasteiger partial charge in [-0.05, 0) is 50.6 Å². The average molecular weight is 430 g/mol. The molecule has 0 bridgehead atoms. The number of hydrogen-bond donors (Lipinski definition) is 1. The van der Waals surface area contributed by atoms with Crippen LogP contribution >= 0.6 is 11.8 Å². The fourth-order valence-electron chi connectivity index (χ4n) is 3.92. The summed E-state index contributed by atoms with van der Waals surface area (Å²) in [6.45, 7) is 3.51. The summed E-state index contributed by atoms with van der Waals surface area (Å²) in [6.07, 6.45) is 2.80. The SMILES string of the molecule is COc1ccc(NC(=O)CSc2nc(=O)n(N3CCN(C)CC3)c3c2CCC3)cc1. The minimum Gasteiger partial charge on any atom is -0.497 e. The van der Waals surface area contributed by atoms with E-state index in [9.17, 15) is 9.59 Å². The molecule has 2 heterocycles. The van der Waals surface area contributed by atoms with Gasteiger partial charge in [0.1, 0.15) is 10.8 Å². The van der Waals surface area contributed by atoms with Crippen LogP contribution in [-0.2, 0) is 17.6 Å². The number of piperazine rings is 1. The molecule has 0 saturated carbocycles. The minimum atomic E-state index is -0.238. The van der Waals surface area contributed by atoms with Gasteiger partial charge in [-0.25, -0.2) is 9.47 Å². The number of thioether (sulfide) groups is 1. The number of nitrogens with zero attached hydrogens (tertiary/aromatic N) is 4. The second kappa shape index (κ2) is 9.09. The quantitative estimate of drug-likeness (QED) is 0.549. The Balaban J connectivity index is 1.45. The number of fused-ring (bicyclic) bond motifs is 1. The maximum Gasteiger partial charge on any atom is 0.367 e. The van der Waals surface area contributed by atoms with E-state index in [4.69, 9.17) is 4.74 Å². The van der Waals surface area contributed by atoms with E-state index in [1.165, 1.54) is 11.8 Å². The molecular weight excluding hydrogens is 402 g/mol. The number of carbonyl (C=O) groups excluding carboxylic acids is 1. The smallest absolute Gasteiger partial charge is 0.367 e. The van der Waals surface area contributed by atoms with Crippen LogP contribution in [0.25, 0.3) is 0 Å². The Hall–Kier alpha value is -2.52. The largest absolute Gasteiger partial charge is 0.497 e. The molecule has 1 fully saturated rings. The Bertz CT molecular complexity index is 968. The van der Waals surface area contributed by atoms with E-state index < -0.39 is 0 Å². The molecule has 0 atom stereocenters. The van der Waals surface area contributed by atoms with E-state index >= 15 is 0 Å². The molecule has 1 saturated heterocycles. The molecule has 4 rings (SSSR count). The highest BCUT2D eigenvalue weighted by Gasteiger charge is 2.26. The number of benzene rings is 1. The Morgan fingerprint density at radius 1 is 1.17 bits per heavy atom. The molecule has 8 nitrogen and oxygen atoms in total. The molecule has 1 N–H and O–H groups in total. The van der Waals surface area contributed by atoms with E-state index in [0.717, 1.165) is 62.4 Å². The summed E-state index contributed by atoms with van der Waals surface area (Å²) in [4.78, 5) is 31.9. The fourth-order valence-corrected chi connectivity index (χ4v) is 4.80. The van der Waals surface area contributed by atoms with Crippen molar-refractivity contribution in [3.63, 3.8) is 0 Å². The summed E-state index contributed by atoms with van der Waals surface area (Å²) in [5, 5.41) is 5.69. The molecule has 0 spiro atoms. The first kappa shape index (κ1) is 20.7. The van der Waals surface area contributed by atoms with E-state index in [1.807, 2.05) is 0 Å². The number of nitrogens with one attached hydrogen (secondary N) is 1. The normalized spacial score (nSPS) is 16.4. The number of aromatic nitrogens is 2. The lowest BCUT2D eigenvalue weighted by atomic mass is 10.3. The monoisotopic (exact) mass is 429 g/mol. The number of carbonyl (C=O) groups is 1. The molecular formula is C21H27N5O3S. The second-order valence-corrected chi connectivity index (χ2v) is 8.58. The summed E-state index contributed by atoms with van der Waals surface area (Å²) >= 11 is 1.34. The maximum absolute atomic E-state index is 12.8. The van der Waals surface area contributed by atoms with Crippen molar-refractivity contribution in [2.75, 3.05) is 56.4 Å². The van der Waals surface area contributed by atoms with Crippen LogP contribution in [0, 0.1) is 0 Å². The number of methoxy groups -OCH3 is 1. The topological polar surface area (TPSA) is 79.7 Å². The maximum atomic E-state index is 12.8. The van der Waals surface area contributed by atoms with Gasteiger partial charge in [-0.15, -0.1) is 0 Å². The molecule has 1 aliphatic heterocycles. The predicted octanol–water partition coefficient (Wildman–Crippen LogP) is 1.35. The van der Waals surface area contributed by atoms with Gasteiger partial charge in [0.05, 0.1) is 18.6 Å². The molecule has 9 heteroatoms. The van der Waals surface area contributed by atoms with Crippen molar-refractivity contribution in [1.82, 2.24) is 14.6 Å². The van der Waals surface area contributed by atoms with Crippen LogP contribution in [0.5, 0.6) is 5.75 Å². The van der Waals surface area contributed by atoms with Gasteiger partial charge >= 0.3 is 5.69 Å². The van der Waals surface area contributed by atoms with Crippen molar-refractivity contribution in [2.24, 2.45) is 0 Å². The molecule has 30 heavy (non-hydrogen) atoms. The zero-order chi connectivity index (χ0) is 21.1. The molecule has 2 aliphatic rings. The number of likely N-dealkylation sites (N-methyl/N-ethyl adjacent to an activating group) is 1. The first-order valence-electron chi connectivity index (χ1n) is 10.2. The van der Waals surface area contributed by atoms with Crippen LogP contribution < -0.4 is 20.8 Å². The van der Waals surface area contributed by atoms with Crippen LogP contribution in [-0.4, -0.2) is 66.6 Å². The Morgan fingerprint density at radius 2 is 1.90 bits per heavy atom. The molecule has 0 unspecified atom stereocenters. The highest BCUT2D eigenvalue weighted by molar-refractivity contribution is 8.00. The number of amides is 1. The lowest BCUT2D eigenvalue weighted by Crippen LogP contribution is -2.54. The van der Waals surface area contributed by atoms with Crippen molar-refractivity contribution < 1.29 is 9.53 Å². The number of ether oxygens (including phenoxy) is 1. The summed E-state index contributed by atoms with van der Waals surface area (Å²) in [5.41, 5.74) is 2.66. The molecule has 0 radical (unpaired) electrons. The summed E-state index contributed by atoms with van der Waals surface area (Å²) in [6, 6.07) is 7.20. The highest BCUT2D eigenvalue weighted by atomic mass is 32.2. The molecule has 2 aromatic rings. The molecule has 160 valence electrons. The first-order valence-corrected chi connectivity index (χ1v) is 11.2. The van der Waals surface area contributed by atoms with E-state index in [-0.39, 0.29) is 17.3 Å². The fraction of sp³-hybridized carbons (Fsp3) is 0.476. The van der Waals surface area contributed by atoms with E-state index in [2.05, 4.69) is 27.3 Å². The van der Waals surface area contributed by atoms with E-state index in [1.54, 1.807) is 36.1 Å². The Labute approximate surface area is 180 Å². The first-order chi connectivity index (χ1) is 14.5. The Morgan fingerprint density at radius 3 is 2.60 bits per heavy atom. The van der Waals surface area contributed by atoms with Gasteiger partial charge in [-0.1, -0.05) is 11.8 Å². The van der Waals surface area contributed by atoms with Crippen LogP contribution in [0.15, 0.2) is 34.1 Å². The molecule has 1 amide bonds. The van der Waals surface area contributed by atoms with Gasteiger partial charge in [0.25, 0.3) is 0 Å². The van der Waals surface area contributed by atoms with Gasteiger partial charge in [0.2, 0.25) is 5.91 Å². The minimum absolute atomic E-state index is 0.123. The third kappa shape index (κ3) is 4.46. The van der Waals surface area contributed by atoms with Crippen LogP contribution in [0.3, 0.4) is 0 Å². The predicted molar refractivity (Wildman–Crippen MR) is 118 cm³/mol. The number of hydrogen-bond acceptors (Lipinski definition) is 7. The Kier molecular flexibility index (Phi) is 6.29. The summed E-state index contributed by atoms with van der Waals surface area (Å²) in [7, 11) is 3.70. The lowest BCUT2D eigenvalue weighted by Gasteiger charge is -2.35. The molecule has 1 aromatic carbocycles. The van der Waals surface area contributed by atoms with Crippen molar-refractivity contribution in [3.8, 4) is 5.75 Å². The van der Waals surface area contributed by atoms with Crippen LogP contribution in [0.1, 0.15) is 17.7 Å². The zero-order valence-corrected chi connectivity index (χ0v) is 18.2. The van der Waals surface area contributed by atoms with Crippen molar-refractivity contribution >= 4 is 23.4 Å². The van der Waals surface area contributed by atoms with E-state index in [0.29, 0.717) is 10.7 Å². The van der Waals surface area contributed by atoms with Gasteiger partial charge < -0.3 is 20.0 Å². The average Bonchev–Trinajstić information content (AvgIpc) is 3.23. The third-order valence-electron chi connectivity index (χ3n) is 5.56. The van der Waals surface area contributed by atoms with Gasteiger partial charge in [0.15, 0.2) is 0 Å². The number of anilines is 1. The molecule has 1 aromatic heterocycles. The summed E-state index contributed by atoms with van der Waals surface area (Å²) in [5.74, 6) is 0.827. The van der Waals surface area contributed by atoms with Crippen LogP contribution in [0.2, 0.25) is 0 Å². The molecule has 1 aliphatic carbocycles. The van der Waals surface area contributed by atoms with Gasteiger partial charge in [-0.2, -0.15) is 4.98 Å². The highest BCUT2D eigenvalue weighted by Crippen LogP contribution is 2.29. The van der Waals surface area contributed by atoms with Gasteiger partial charge in [-0.3, -0.25) is 4.79 Å². The van der Waals surface area contributed by atoms with Crippen molar-refractivity contribution in [1.29, 1.82) is 0 Å². The lowest BCUT2D eigenvalue weighted by molar-refractivity contribution is -0.113. The third-order valence-corrected chi connectivity index (χ3v) is 6.57. The second-order valence-electron chi connectivity index (χ2n) is 7.61. The standard InChI is InChI=1S/C21H27N5O3S/c1-24-10-12-25(13-11-24)26-18-5-3-4-17(18)20(23-21(26)28)30-14-19(27)22-15-6-8-16(29-2)9-7-15/h6-9H,3-5,10-14H2,1-2H3,(H,22,27). The van der Waals surface area contributed by atoms with Crippen molar-refractivity contribution in [3.05, 3.63) is 46.0 Å². The zero-order valence-electron chi connectivity index (χ0n) is 17.4. The number of rotatable bonds is 6. The van der Waals surface area contributed by atoms with Crippen LogP contribution in [0.4, 0.5) is 5.69 Å². The van der Waals surface area contributed by atoms with Gasteiger partial charge in [0, 0.05) is 37.4 Å². The summed E-state index contributed by atoms with van der Waals surface area (Å²) < 4.78 is 6.92.